The van der Waals surface area contributed by atoms with Crippen molar-refractivity contribution in [2.75, 3.05) is 5.73 Å². The van der Waals surface area contributed by atoms with Gasteiger partial charge in [-0.05, 0) is 36.1 Å². The minimum atomic E-state index is 0.345. The minimum absolute atomic E-state index is 0.345. The van der Waals surface area contributed by atoms with E-state index in [4.69, 9.17) is 21.5 Å². The van der Waals surface area contributed by atoms with Crippen molar-refractivity contribution >= 4 is 5.69 Å². The van der Waals surface area contributed by atoms with Crippen LogP contribution in [0.1, 0.15) is 29.5 Å². The second kappa shape index (κ2) is 6.16. The van der Waals surface area contributed by atoms with Gasteiger partial charge >= 0.3 is 0 Å². The maximum absolute atomic E-state index is 9.02. The molecule has 0 aromatic heterocycles. The van der Waals surface area contributed by atoms with Gasteiger partial charge in [-0.3, -0.25) is 0 Å². The quantitative estimate of drug-likeness (QED) is 0.791. The number of rotatable bonds is 4. The summed E-state index contributed by atoms with van der Waals surface area (Å²) in [5, 5.41) is 26.2. The van der Waals surface area contributed by atoms with Crippen molar-refractivity contribution in [3.8, 4) is 18.2 Å². The summed E-state index contributed by atoms with van der Waals surface area (Å²) in [7, 11) is 0. The van der Waals surface area contributed by atoms with E-state index in [0.29, 0.717) is 36.9 Å². The first-order valence-electron chi connectivity index (χ1n) is 5.28. The standard InChI is InChI=1S/C13H12N4/c14-7-1-3-11-10(9-16)5-6-13(17)12(11)4-2-8-15/h5-6H,1-4,17H2. The molecule has 0 saturated heterocycles. The largest absolute Gasteiger partial charge is 0.398 e. The van der Waals surface area contributed by atoms with Crippen LogP contribution in [0, 0.1) is 34.0 Å². The number of nitrogen functional groups attached to an aromatic ring is 1. The van der Waals surface area contributed by atoms with Crippen LogP contribution in [0.5, 0.6) is 0 Å². The summed E-state index contributed by atoms with van der Waals surface area (Å²) in [5.74, 6) is 0. The molecule has 0 spiro atoms. The number of hydrogen-bond acceptors (Lipinski definition) is 4. The fraction of sp³-hybridized carbons (Fsp3) is 0.308. The van der Waals surface area contributed by atoms with Gasteiger partial charge in [0.25, 0.3) is 0 Å². The van der Waals surface area contributed by atoms with Crippen LogP contribution >= 0.6 is 0 Å². The number of nitrogens with zero attached hydrogens (tertiary/aromatic N) is 3. The van der Waals surface area contributed by atoms with Gasteiger partial charge in [0, 0.05) is 18.5 Å². The summed E-state index contributed by atoms with van der Waals surface area (Å²) in [5.41, 5.74) is 8.63. The van der Waals surface area contributed by atoms with Crippen LogP contribution in [0.2, 0.25) is 0 Å². The minimum Gasteiger partial charge on any atom is -0.398 e. The van der Waals surface area contributed by atoms with Gasteiger partial charge in [0.1, 0.15) is 0 Å². The monoisotopic (exact) mass is 224 g/mol. The lowest BCUT2D eigenvalue weighted by molar-refractivity contribution is 0.934. The molecule has 0 aliphatic carbocycles. The van der Waals surface area contributed by atoms with Crippen molar-refractivity contribution in [2.24, 2.45) is 0 Å². The highest BCUT2D eigenvalue weighted by molar-refractivity contribution is 5.57. The van der Waals surface area contributed by atoms with Gasteiger partial charge in [-0.2, -0.15) is 15.8 Å². The Morgan fingerprint density at radius 2 is 1.53 bits per heavy atom. The summed E-state index contributed by atoms with van der Waals surface area (Å²) in [6, 6.07) is 9.56. The van der Waals surface area contributed by atoms with Crippen LogP contribution in [0.25, 0.3) is 0 Å². The van der Waals surface area contributed by atoms with E-state index in [2.05, 4.69) is 18.2 Å². The molecule has 0 heterocycles. The van der Waals surface area contributed by atoms with Crippen molar-refractivity contribution in [3.05, 3.63) is 28.8 Å². The van der Waals surface area contributed by atoms with Crippen LogP contribution in [-0.2, 0) is 12.8 Å². The third-order valence-electron chi connectivity index (χ3n) is 2.56. The Hall–Kier alpha value is -2.51. The van der Waals surface area contributed by atoms with Gasteiger partial charge in [-0.1, -0.05) is 0 Å². The van der Waals surface area contributed by atoms with E-state index < -0.39 is 0 Å². The van der Waals surface area contributed by atoms with Gasteiger partial charge < -0.3 is 5.73 Å². The lowest BCUT2D eigenvalue weighted by Gasteiger charge is -2.11. The van der Waals surface area contributed by atoms with E-state index in [0.717, 1.165) is 11.1 Å². The molecule has 84 valence electrons. The van der Waals surface area contributed by atoms with Crippen molar-refractivity contribution < 1.29 is 0 Å². The highest BCUT2D eigenvalue weighted by Gasteiger charge is 2.11. The van der Waals surface area contributed by atoms with Gasteiger partial charge in [-0.25, -0.2) is 0 Å². The Morgan fingerprint density at radius 3 is 2.06 bits per heavy atom. The average molecular weight is 224 g/mol. The van der Waals surface area contributed by atoms with Crippen LogP contribution in [0.3, 0.4) is 0 Å². The Labute approximate surface area is 101 Å². The molecule has 0 fully saturated rings. The van der Waals surface area contributed by atoms with Crippen molar-refractivity contribution in [3.63, 3.8) is 0 Å². The molecule has 0 unspecified atom stereocenters. The summed E-state index contributed by atoms with van der Waals surface area (Å²) < 4.78 is 0. The van der Waals surface area contributed by atoms with Gasteiger partial charge in [0.15, 0.2) is 0 Å². The zero-order valence-electron chi connectivity index (χ0n) is 9.40. The van der Waals surface area contributed by atoms with Gasteiger partial charge in [0.05, 0.1) is 23.8 Å². The molecule has 0 bridgehead atoms. The van der Waals surface area contributed by atoms with E-state index in [1.165, 1.54) is 0 Å². The molecule has 1 aromatic rings. The Balaban J connectivity index is 3.19. The van der Waals surface area contributed by atoms with E-state index in [-0.39, 0.29) is 0 Å². The molecule has 0 amide bonds. The maximum Gasteiger partial charge on any atom is 0.0994 e. The predicted molar refractivity (Wildman–Crippen MR) is 63.4 cm³/mol. The average Bonchev–Trinajstić information content (AvgIpc) is 2.35. The molecule has 0 saturated carbocycles. The number of benzene rings is 1. The van der Waals surface area contributed by atoms with E-state index in [9.17, 15) is 0 Å². The zero-order chi connectivity index (χ0) is 12.7. The van der Waals surface area contributed by atoms with E-state index >= 15 is 0 Å². The fourth-order valence-corrected chi connectivity index (χ4v) is 1.76. The van der Waals surface area contributed by atoms with Crippen LogP contribution < -0.4 is 5.73 Å². The molecule has 4 heteroatoms. The first-order chi connectivity index (χ1) is 8.24. The molecule has 0 aliphatic heterocycles. The maximum atomic E-state index is 9.02. The highest BCUT2D eigenvalue weighted by Crippen LogP contribution is 2.24. The Morgan fingerprint density at radius 1 is 0.941 bits per heavy atom. The van der Waals surface area contributed by atoms with Gasteiger partial charge in [-0.15, -0.1) is 0 Å². The van der Waals surface area contributed by atoms with Crippen molar-refractivity contribution in [1.29, 1.82) is 15.8 Å². The predicted octanol–water partition coefficient (Wildman–Crippen LogP) is 2.05. The molecule has 17 heavy (non-hydrogen) atoms. The summed E-state index contributed by atoms with van der Waals surface area (Å²) in [4.78, 5) is 0. The Bertz CT molecular complexity index is 526. The fourth-order valence-electron chi connectivity index (χ4n) is 1.76. The number of nitrogens with two attached hydrogens (primary N) is 1. The third-order valence-corrected chi connectivity index (χ3v) is 2.56. The second-order valence-electron chi connectivity index (χ2n) is 3.59. The van der Waals surface area contributed by atoms with Crippen LogP contribution in [-0.4, -0.2) is 0 Å². The van der Waals surface area contributed by atoms with E-state index in [1.54, 1.807) is 12.1 Å². The number of hydrogen-bond donors (Lipinski definition) is 1. The smallest absolute Gasteiger partial charge is 0.0994 e. The summed E-state index contributed by atoms with van der Waals surface area (Å²) >= 11 is 0. The first kappa shape index (κ1) is 12.6. The van der Waals surface area contributed by atoms with Crippen molar-refractivity contribution in [1.82, 2.24) is 0 Å². The third kappa shape index (κ3) is 2.97. The highest BCUT2D eigenvalue weighted by atomic mass is 14.6. The lowest BCUT2D eigenvalue weighted by Crippen LogP contribution is -2.03. The topological polar surface area (TPSA) is 97.4 Å². The molecule has 2 N–H and O–H groups in total. The molecule has 1 aromatic carbocycles. The molecule has 4 nitrogen and oxygen atoms in total. The molecule has 0 atom stereocenters. The second-order valence-corrected chi connectivity index (χ2v) is 3.59. The zero-order valence-corrected chi connectivity index (χ0v) is 9.40. The number of anilines is 1. The van der Waals surface area contributed by atoms with Crippen molar-refractivity contribution in [2.45, 2.75) is 25.7 Å². The molecule has 0 radical (unpaired) electrons. The lowest BCUT2D eigenvalue weighted by atomic mass is 9.93. The molecular weight excluding hydrogens is 212 g/mol. The molecule has 1 rings (SSSR count). The Kier molecular flexibility index (Phi) is 4.55. The summed E-state index contributed by atoms with van der Waals surface area (Å²) in [6.45, 7) is 0. The summed E-state index contributed by atoms with van der Waals surface area (Å²) in [6.07, 6.45) is 1.74. The molecular formula is C13H12N4. The SMILES string of the molecule is N#CCCc1c(N)ccc(C#N)c1CCC#N. The van der Waals surface area contributed by atoms with Crippen LogP contribution in [0.4, 0.5) is 5.69 Å². The van der Waals surface area contributed by atoms with E-state index in [1.807, 2.05) is 0 Å². The first-order valence-corrected chi connectivity index (χ1v) is 5.28. The number of nitriles is 3. The van der Waals surface area contributed by atoms with Crippen LogP contribution in [0.15, 0.2) is 12.1 Å². The normalized spacial score (nSPS) is 9.00. The molecule has 0 aliphatic rings. The van der Waals surface area contributed by atoms with Gasteiger partial charge in [0.2, 0.25) is 0 Å².